The van der Waals surface area contributed by atoms with Gasteiger partial charge in [0.2, 0.25) is 0 Å². The highest BCUT2D eigenvalue weighted by Crippen LogP contribution is 2.24. The van der Waals surface area contributed by atoms with E-state index in [1.807, 2.05) is 13.8 Å². The van der Waals surface area contributed by atoms with Gasteiger partial charge in [-0.25, -0.2) is 4.39 Å². The Morgan fingerprint density at radius 1 is 1.10 bits per heavy atom. The maximum Gasteiger partial charge on any atom is 0.165 e. The first-order valence-corrected chi connectivity index (χ1v) is 7.05. The molecule has 1 atom stereocenters. The van der Waals surface area contributed by atoms with Crippen molar-refractivity contribution < 1.29 is 14.2 Å². The summed E-state index contributed by atoms with van der Waals surface area (Å²) in [6.45, 7) is 8.06. The molecule has 0 aromatic heterocycles. The summed E-state index contributed by atoms with van der Waals surface area (Å²) < 4.78 is 19.5. The van der Waals surface area contributed by atoms with Crippen LogP contribution in [0.2, 0.25) is 0 Å². The fourth-order valence-corrected chi connectivity index (χ4v) is 2.48. The molecule has 0 aliphatic carbocycles. The van der Waals surface area contributed by atoms with Gasteiger partial charge in [-0.1, -0.05) is 23.8 Å². The zero-order valence-electron chi connectivity index (χ0n) is 12.9. The largest absolute Gasteiger partial charge is 0.486 e. The van der Waals surface area contributed by atoms with Crippen LogP contribution in [0.1, 0.15) is 40.8 Å². The zero-order chi connectivity index (χ0) is 15.6. The van der Waals surface area contributed by atoms with Gasteiger partial charge in [0, 0.05) is 0 Å². The Morgan fingerprint density at radius 2 is 1.71 bits per heavy atom. The number of halogens is 1. The van der Waals surface area contributed by atoms with Crippen molar-refractivity contribution in [2.75, 3.05) is 0 Å². The standard InChI is InChI=1S/C18H21FO2/c1-11-7-12(2)16(13(3)8-11)10-21-18-6-5-15(14(4)20)9-17(18)19/h5-9,14,20H,10H2,1-4H3. The lowest BCUT2D eigenvalue weighted by Crippen LogP contribution is -2.03. The molecule has 2 nitrogen and oxygen atoms in total. The molecule has 21 heavy (non-hydrogen) atoms. The number of hydrogen-bond acceptors (Lipinski definition) is 2. The van der Waals surface area contributed by atoms with Gasteiger partial charge in [0.15, 0.2) is 11.6 Å². The molecular formula is C18H21FO2. The number of ether oxygens (including phenoxy) is 1. The first kappa shape index (κ1) is 15.5. The Bertz CT molecular complexity index is 625. The summed E-state index contributed by atoms with van der Waals surface area (Å²) >= 11 is 0. The predicted octanol–water partition coefficient (Wildman–Crippen LogP) is 4.38. The van der Waals surface area contributed by atoms with Crippen molar-refractivity contribution in [3.63, 3.8) is 0 Å². The number of aliphatic hydroxyl groups is 1. The summed E-state index contributed by atoms with van der Waals surface area (Å²) in [5, 5.41) is 9.44. The van der Waals surface area contributed by atoms with Crippen molar-refractivity contribution in [3.05, 3.63) is 64.0 Å². The van der Waals surface area contributed by atoms with E-state index in [0.29, 0.717) is 12.2 Å². The molecule has 1 unspecified atom stereocenters. The van der Waals surface area contributed by atoms with E-state index in [0.717, 1.165) is 16.7 Å². The smallest absolute Gasteiger partial charge is 0.165 e. The summed E-state index contributed by atoms with van der Waals surface area (Å²) in [5.74, 6) is -0.241. The Balaban J connectivity index is 2.17. The van der Waals surface area contributed by atoms with Crippen LogP contribution >= 0.6 is 0 Å². The highest BCUT2D eigenvalue weighted by Gasteiger charge is 2.10. The molecule has 0 heterocycles. The molecule has 0 fully saturated rings. The number of rotatable bonds is 4. The van der Waals surface area contributed by atoms with Crippen LogP contribution in [0, 0.1) is 26.6 Å². The third-order valence-corrected chi connectivity index (χ3v) is 3.65. The molecule has 2 aromatic rings. The molecule has 2 rings (SSSR count). The summed E-state index contributed by atoms with van der Waals surface area (Å²) in [6.07, 6.45) is -0.685. The highest BCUT2D eigenvalue weighted by molar-refractivity contribution is 5.38. The van der Waals surface area contributed by atoms with Crippen LogP contribution in [0.3, 0.4) is 0 Å². The zero-order valence-corrected chi connectivity index (χ0v) is 12.9. The molecule has 1 N–H and O–H groups in total. The molecule has 0 aliphatic heterocycles. The fourth-order valence-electron chi connectivity index (χ4n) is 2.48. The molecule has 0 aliphatic rings. The SMILES string of the molecule is Cc1cc(C)c(COc2ccc(C(C)O)cc2F)c(C)c1. The predicted molar refractivity (Wildman–Crippen MR) is 82.0 cm³/mol. The lowest BCUT2D eigenvalue weighted by molar-refractivity contribution is 0.198. The highest BCUT2D eigenvalue weighted by atomic mass is 19.1. The van der Waals surface area contributed by atoms with E-state index in [2.05, 4.69) is 19.1 Å². The molecule has 0 amide bonds. The van der Waals surface area contributed by atoms with Crippen molar-refractivity contribution in [1.29, 1.82) is 0 Å². The second-order valence-electron chi connectivity index (χ2n) is 5.53. The van der Waals surface area contributed by atoms with Crippen LogP contribution in [-0.4, -0.2) is 5.11 Å². The Kier molecular flexibility index (Phi) is 4.63. The molecule has 0 radical (unpaired) electrons. The van der Waals surface area contributed by atoms with E-state index in [-0.39, 0.29) is 5.75 Å². The second-order valence-corrected chi connectivity index (χ2v) is 5.53. The van der Waals surface area contributed by atoms with Crippen LogP contribution in [-0.2, 0) is 6.61 Å². The molecule has 3 heteroatoms. The average Bonchev–Trinajstić information content (AvgIpc) is 2.38. The first-order chi connectivity index (χ1) is 9.88. The van der Waals surface area contributed by atoms with Crippen molar-refractivity contribution in [3.8, 4) is 5.75 Å². The Labute approximate surface area is 125 Å². The minimum atomic E-state index is -0.685. The van der Waals surface area contributed by atoms with Crippen LogP contribution in [0.5, 0.6) is 5.75 Å². The van der Waals surface area contributed by atoms with Gasteiger partial charge in [-0.3, -0.25) is 0 Å². The van der Waals surface area contributed by atoms with Crippen molar-refractivity contribution in [2.45, 2.75) is 40.4 Å². The van der Waals surface area contributed by atoms with Gasteiger partial charge < -0.3 is 9.84 Å². The van der Waals surface area contributed by atoms with Crippen molar-refractivity contribution >= 4 is 0 Å². The number of aryl methyl sites for hydroxylation is 3. The van der Waals surface area contributed by atoms with Crippen LogP contribution in [0.15, 0.2) is 30.3 Å². The number of hydrogen-bond donors (Lipinski definition) is 1. The van der Waals surface area contributed by atoms with Crippen molar-refractivity contribution in [2.24, 2.45) is 0 Å². The minimum absolute atomic E-state index is 0.207. The van der Waals surface area contributed by atoms with E-state index in [1.165, 1.54) is 11.6 Å². The second kappa shape index (κ2) is 6.27. The van der Waals surface area contributed by atoms with E-state index >= 15 is 0 Å². The lowest BCUT2D eigenvalue weighted by Gasteiger charge is -2.14. The molecule has 112 valence electrons. The van der Waals surface area contributed by atoms with Gasteiger partial charge in [-0.15, -0.1) is 0 Å². The molecular weight excluding hydrogens is 267 g/mol. The Hall–Kier alpha value is -1.87. The van der Waals surface area contributed by atoms with E-state index in [9.17, 15) is 9.50 Å². The summed E-state index contributed by atoms with van der Waals surface area (Å²) in [5.41, 5.74) is 5.13. The molecule has 0 saturated carbocycles. The van der Waals surface area contributed by atoms with E-state index in [4.69, 9.17) is 4.74 Å². The molecule has 2 aromatic carbocycles. The van der Waals surface area contributed by atoms with E-state index < -0.39 is 11.9 Å². The third kappa shape index (κ3) is 3.61. The van der Waals surface area contributed by atoms with Gasteiger partial charge in [-0.2, -0.15) is 0 Å². The van der Waals surface area contributed by atoms with Gasteiger partial charge in [0.25, 0.3) is 0 Å². The summed E-state index contributed by atoms with van der Waals surface area (Å²) in [4.78, 5) is 0. The Morgan fingerprint density at radius 3 is 2.24 bits per heavy atom. The lowest BCUT2D eigenvalue weighted by atomic mass is 10.0. The topological polar surface area (TPSA) is 29.5 Å². The maximum atomic E-state index is 13.9. The van der Waals surface area contributed by atoms with Crippen molar-refractivity contribution in [1.82, 2.24) is 0 Å². The van der Waals surface area contributed by atoms with Gasteiger partial charge >= 0.3 is 0 Å². The normalized spacial score (nSPS) is 12.3. The third-order valence-electron chi connectivity index (χ3n) is 3.65. The fraction of sp³-hybridized carbons (Fsp3) is 0.333. The van der Waals surface area contributed by atoms with Crippen LogP contribution < -0.4 is 4.74 Å². The van der Waals surface area contributed by atoms with Gasteiger partial charge in [0.05, 0.1) is 6.10 Å². The first-order valence-electron chi connectivity index (χ1n) is 7.05. The summed E-state index contributed by atoms with van der Waals surface area (Å²) in [6, 6.07) is 8.75. The molecule has 0 saturated heterocycles. The average molecular weight is 288 g/mol. The monoisotopic (exact) mass is 288 g/mol. The number of aliphatic hydroxyl groups excluding tert-OH is 1. The van der Waals surface area contributed by atoms with Gasteiger partial charge in [0.1, 0.15) is 6.61 Å². The quantitative estimate of drug-likeness (QED) is 0.904. The molecule has 0 spiro atoms. The van der Waals surface area contributed by atoms with Crippen LogP contribution in [0.25, 0.3) is 0 Å². The maximum absolute atomic E-state index is 13.9. The van der Waals surface area contributed by atoms with Gasteiger partial charge in [-0.05, 0) is 62.1 Å². The minimum Gasteiger partial charge on any atom is -0.486 e. The van der Waals surface area contributed by atoms with E-state index in [1.54, 1.807) is 19.1 Å². The number of benzene rings is 2. The summed E-state index contributed by atoms with van der Waals surface area (Å²) in [7, 11) is 0. The molecule has 0 bridgehead atoms. The van der Waals surface area contributed by atoms with Crippen LogP contribution in [0.4, 0.5) is 4.39 Å².